The average molecular weight is 305 g/mol. The first-order chi connectivity index (χ1) is 10.5. The highest BCUT2D eigenvalue weighted by Gasteiger charge is 2.04. The Hall–Kier alpha value is -2.96. The molecule has 0 atom stereocenters. The van der Waals surface area contributed by atoms with Crippen LogP contribution in [-0.2, 0) is 9.63 Å². The van der Waals surface area contributed by atoms with Crippen molar-refractivity contribution in [3.8, 4) is 0 Å². The quantitative estimate of drug-likeness (QED) is 0.505. The molecule has 2 rings (SSSR count). The van der Waals surface area contributed by atoms with Gasteiger partial charge in [0.25, 0.3) is 5.91 Å². The van der Waals surface area contributed by atoms with E-state index in [0.717, 1.165) is 0 Å². The number of carbonyl (C=O) groups is 1. The Morgan fingerprint density at radius 3 is 2.55 bits per heavy atom. The largest absolute Gasteiger partial charge is 0.384 e. The Morgan fingerprint density at radius 2 is 1.86 bits per heavy atom. The van der Waals surface area contributed by atoms with Crippen molar-refractivity contribution in [2.45, 2.75) is 0 Å². The Kier molecular flexibility index (Phi) is 5.02. The molecule has 0 saturated carbocycles. The van der Waals surface area contributed by atoms with Crippen LogP contribution in [0.25, 0.3) is 0 Å². The molecule has 0 unspecified atom stereocenters. The van der Waals surface area contributed by atoms with Gasteiger partial charge in [0.2, 0.25) is 0 Å². The van der Waals surface area contributed by atoms with Crippen LogP contribution in [0.1, 0.15) is 5.56 Å². The summed E-state index contributed by atoms with van der Waals surface area (Å²) in [5.74, 6) is -1.36. The molecule has 3 N–H and O–H groups in total. The minimum atomic E-state index is -0.513. The molecule has 2 aromatic rings. The van der Waals surface area contributed by atoms with Crippen LogP contribution in [0.2, 0.25) is 0 Å². The molecule has 0 fully saturated rings. The highest BCUT2D eigenvalue weighted by molar-refractivity contribution is 5.97. The van der Waals surface area contributed by atoms with Crippen molar-refractivity contribution in [3.63, 3.8) is 0 Å². The van der Waals surface area contributed by atoms with E-state index in [1.807, 2.05) is 0 Å². The van der Waals surface area contributed by atoms with E-state index >= 15 is 0 Å². The summed E-state index contributed by atoms with van der Waals surface area (Å²) in [5, 5.41) is 6.00. The average Bonchev–Trinajstić information content (AvgIpc) is 2.47. The smallest absolute Gasteiger partial charge is 0.265 e. The summed E-state index contributed by atoms with van der Waals surface area (Å²) in [4.78, 5) is 16.4. The number of rotatable bonds is 5. The SMILES string of the molecule is NC(=NOCC(=O)Nc1cccc(F)c1)c1ccc(F)cc1. The molecule has 2 aromatic carbocycles. The Bertz CT molecular complexity index is 687. The number of nitrogens with two attached hydrogens (primary N) is 1. The first-order valence-corrected chi connectivity index (χ1v) is 6.31. The minimum Gasteiger partial charge on any atom is -0.384 e. The molecule has 0 spiro atoms. The zero-order chi connectivity index (χ0) is 15.9. The van der Waals surface area contributed by atoms with Gasteiger partial charge in [-0.05, 0) is 42.5 Å². The van der Waals surface area contributed by atoms with Crippen molar-refractivity contribution in [1.29, 1.82) is 0 Å². The van der Waals surface area contributed by atoms with Gasteiger partial charge in [-0.15, -0.1) is 0 Å². The Morgan fingerprint density at radius 1 is 1.14 bits per heavy atom. The topological polar surface area (TPSA) is 76.7 Å². The lowest BCUT2D eigenvalue weighted by Gasteiger charge is -2.05. The summed E-state index contributed by atoms with van der Waals surface area (Å²) in [6.07, 6.45) is 0. The molecular formula is C15H13F2N3O2. The van der Waals surface area contributed by atoms with Crippen molar-refractivity contribution >= 4 is 17.4 Å². The third-order valence-electron chi connectivity index (χ3n) is 2.61. The van der Waals surface area contributed by atoms with Gasteiger partial charge in [-0.2, -0.15) is 0 Å². The zero-order valence-corrected chi connectivity index (χ0v) is 11.4. The Labute approximate surface area is 125 Å². The summed E-state index contributed by atoms with van der Waals surface area (Å²) in [7, 11) is 0. The molecule has 114 valence electrons. The number of nitrogens with zero attached hydrogens (tertiary/aromatic N) is 1. The normalized spacial score (nSPS) is 11.1. The summed E-state index contributed by atoms with van der Waals surface area (Å²) in [6.45, 7) is -0.390. The fourth-order valence-corrected chi connectivity index (χ4v) is 1.60. The maximum absolute atomic E-state index is 12.9. The molecule has 0 heterocycles. The van der Waals surface area contributed by atoms with E-state index in [-0.39, 0.29) is 5.84 Å². The van der Waals surface area contributed by atoms with Crippen LogP contribution >= 0.6 is 0 Å². The van der Waals surface area contributed by atoms with E-state index in [2.05, 4.69) is 10.5 Å². The molecule has 0 bridgehead atoms. The van der Waals surface area contributed by atoms with Crippen LogP contribution < -0.4 is 11.1 Å². The zero-order valence-electron chi connectivity index (χ0n) is 11.4. The van der Waals surface area contributed by atoms with Crippen LogP contribution in [-0.4, -0.2) is 18.3 Å². The first kappa shape index (κ1) is 15.4. The van der Waals surface area contributed by atoms with Crippen molar-refractivity contribution < 1.29 is 18.4 Å². The van der Waals surface area contributed by atoms with Crippen molar-refractivity contribution in [2.75, 3.05) is 11.9 Å². The molecule has 1 amide bonds. The number of anilines is 1. The molecular weight excluding hydrogens is 292 g/mol. The number of amidine groups is 1. The third kappa shape index (κ3) is 4.55. The van der Waals surface area contributed by atoms with Gasteiger partial charge in [0.15, 0.2) is 12.4 Å². The molecule has 0 aromatic heterocycles. The monoisotopic (exact) mass is 305 g/mol. The van der Waals surface area contributed by atoms with Gasteiger partial charge >= 0.3 is 0 Å². The molecule has 0 aliphatic carbocycles. The standard InChI is InChI=1S/C15H13F2N3O2/c16-11-6-4-10(5-7-11)15(18)20-22-9-14(21)19-13-3-1-2-12(17)8-13/h1-8H,9H2,(H2,18,20)(H,19,21). The molecule has 0 aliphatic heterocycles. The van der Waals surface area contributed by atoms with Crippen molar-refractivity contribution in [1.82, 2.24) is 0 Å². The summed E-state index contributed by atoms with van der Waals surface area (Å²) in [5.41, 5.74) is 6.40. The lowest BCUT2D eigenvalue weighted by Crippen LogP contribution is -2.19. The minimum absolute atomic E-state index is 0.0126. The van der Waals surface area contributed by atoms with E-state index in [9.17, 15) is 13.6 Å². The number of hydrogen-bond acceptors (Lipinski definition) is 3. The van der Waals surface area contributed by atoms with Crippen LogP contribution in [0.3, 0.4) is 0 Å². The molecule has 0 aliphatic rings. The Balaban J connectivity index is 1.85. The van der Waals surface area contributed by atoms with Crippen molar-refractivity contribution in [2.24, 2.45) is 10.9 Å². The predicted octanol–water partition coefficient (Wildman–Crippen LogP) is 2.24. The van der Waals surface area contributed by atoms with Crippen LogP contribution in [0.5, 0.6) is 0 Å². The molecule has 22 heavy (non-hydrogen) atoms. The fourth-order valence-electron chi connectivity index (χ4n) is 1.60. The molecule has 5 nitrogen and oxygen atoms in total. The summed E-state index contributed by atoms with van der Waals surface area (Å²) >= 11 is 0. The van der Waals surface area contributed by atoms with Gasteiger partial charge in [-0.25, -0.2) is 8.78 Å². The van der Waals surface area contributed by atoms with Gasteiger partial charge in [0.05, 0.1) is 0 Å². The fraction of sp³-hybridized carbons (Fsp3) is 0.0667. The van der Waals surface area contributed by atoms with Crippen LogP contribution in [0.15, 0.2) is 53.7 Å². The van der Waals surface area contributed by atoms with Gasteiger partial charge in [0.1, 0.15) is 11.6 Å². The number of benzene rings is 2. The molecule has 0 saturated heterocycles. The van der Waals surface area contributed by atoms with Gasteiger partial charge in [0, 0.05) is 11.3 Å². The summed E-state index contributed by atoms with van der Waals surface area (Å²) < 4.78 is 25.7. The number of carbonyl (C=O) groups excluding carboxylic acids is 1. The third-order valence-corrected chi connectivity index (χ3v) is 2.61. The number of halogens is 2. The number of nitrogens with one attached hydrogen (secondary N) is 1. The van der Waals surface area contributed by atoms with Crippen LogP contribution in [0, 0.1) is 11.6 Å². The first-order valence-electron chi connectivity index (χ1n) is 6.31. The second-order valence-electron chi connectivity index (χ2n) is 4.32. The predicted molar refractivity (Wildman–Crippen MR) is 78.1 cm³/mol. The molecule has 7 heteroatoms. The van der Waals surface area contributed by atoms with Crippen molar-refractivity contribution in [3.05, 3.63) is 65.7 Å². The van der Waals surface area contributed by atoms with E-state index < -0.39 is 24.1 Å². The second-order valence-corrected chi connectivity index (χ2v) is 4.32. The number of amides is 1. The van der Waals surface area contributed by atoms with Gasteiger partial charge in [-0.1, -0.05) is 11.2 Å². The molecule has 0 radical (unpaired) electrons. The van der Waals surface area contributed by atoms with Gasteiger partial charge in [-0.3, -0.25) is 4.79 Å². The van der Waals surface area contributed by atoms with E-state index in [4.69, 9.17) is 10.6 Å². The van der Waals surface area contributed by atoms with E-state index in [0.29, 0.717) is 11.3 Å². The van der Waals surface area contributed by atoms with Gasteiger partial charge < -0.3 is 15.9 Å². The number of oxime groups is 1. The van der Waals surface area contributed by atoms with E-state index in [1.54, 1.807) is 0 Å². The van der Waals surface area contributed by atoms with Crippen LogP contribution in [0.4, 0.5) is 14.5 Å². The highest BCUT2D eigenvalue weighted by atomic mass is 19.1. The number of hydrogen-bond donors (Lipinski definition) is 2. The maximum atomic E-state index is 12.9. The lowest BCUT2D eigenvalue weighted by molar-refractivity contribution is -0.120. The summed E-state index contributed by atoms with van der Waals surface area (Å²) in [6, 6.07) is 10.8. The maximum Gasteiger partial charge on any atom is 0.265 e. The van der Waals surface area contributed by atoms with E-state index in [1.165, 1.54) is 48.5 Å². The second kappa shape index (κ2) is 7.16. The highest BCUT2D eigenvalue weighted by Crippen LogP contribution is 2.08. The lowest BCUT2D eigenvalue weighted by atomic mass is 10.2.